The minimum atomic E-state index is -0.908. The Kier molecular flexibility index (Phi) is 3.10. The third-order valence-electron chi connectivity index (χ3n) is 3.22. The zero-order valence-corrected chi connectivity index (χ0v) is 13.0. The molecule has 1 aliphatic rings. The molecule has 96 valence electrons. The van der Waals surface area contributed by atoms with Crippen molar-refractivity contribution in [1.82, 2.24) is 9.78 Å². The van der Waals surface area contributed by atoms with Gasteiger partial charge in [-0.3, -0.25) is 0 Å². The second-order valence-corrected chi connectivity index (χ2v) is 9.42. The van der Waals surface area contributed by atoms with E-state index in [9.17, 15) is 0 Å². The standard InChI is InChI=1S/C13H24N2OSi/c1-9-7-15-12(16-8-9)10(13(2,3)4)11(14-15)17(5)6/h9,17H,7-8H2,1-6H3. The molecule has 0 N–H and O–H groups in total. The van der Waals surface area contributed by atoms with Crippen molar-refractivity contribution in [2.45, 2.75) is 52.7 Å². The second-order valence-electron chi connectivity index (χ2n) is 6.57. The maximum Gasteiger partial charge on any atom is 0.215 e. The van der Waals surface area contributed by atoms with E-state index in [2.05, 4.69) is 45.5 Å². The summed E-state index contributed by atoms with van der Waals surface area (Å²) < 4.78 is 8.04. The van der Waals surface area contributed by atoms with Crippen LogP contribution in [-0.2, 0) is 12.0 Å². The van der Waals surface area contributed by atoms with Gasteiger partial charge in [0, 0.05) is 16.8 Å². The minimum Gasteiger partial charge on any atom is -0.477 e. The molecule has 0 aromatic carbocycles. The lowest BCUT2D eigenvalue weighted by Gasteiger charge is -2.26. The Morgan fingerprint density at radius 3 is 2.53 bits per heavy atom. The van der Waals surface area contributed by atoms with Gasteiger partial charge in [0.1, 0.15) is 0 Å². The molecule has 1 aliphatic heterocycles. The maximum atomic E-state index is 5.95. The van der Waals surface area contributed by atoms with Crippen LogP contribution in [0.1, 0.15) is 33.3 Å². The monoisotopic (exact) mass is 252 g/mol. The summed E-state index contributed by atoms with van der Waals surface area (Å²) in [7, 11) is -0.908. The fraction of sp³-hybridized carbons (Fsp3) is 0.769. The Labute approximate surface area is 106 Å². The summed E-state index contributed by atoms with van der Waals surface area (Å²) in [6.45, 7) is 15.5. The molecule has 1 aromatic rings. The molecule has 0 spiro atoms. The lowest BCUT2D eigenvalue weighted by Crippen LogP contribution is -2.33. The average Bonchev–Trinajstić information content (AvgIpc) is 2.55. The third-order valence-corrected chi connectivity index (χ3v) is 4.72. The first-order valence-corrected chi connectivity index (χ1v) is 9.43. The zero-order chi connectivity index (χ0) is 12.8. The summed E-state index contributed by atoms with van der Waals surface area (Å²) >= 11 is 0. The van der Waals surface area contributed by atoms with Gasteiger partial charge in [-0.15, -0.1) is 0 Å². The van der Waals surface area contributed by atoms with Crippen LogP contribution >= 0.6 is 0 Å². The summed E-state index contributed by atoms with van der Waals surface area (Å²) in [6.07, 6.45) is 0. The predicted octanol–water partition coefficient (Wildman–Crippen LogP) is 1.90. The van der Waals surface area contributed by atoms with Crippen molar-refractivity contribution >= 4 is 14.1 Å². The topological polar surface area (TPSA) is 27.1 Å². The molecule has 1 unspecified atom stereocenters. The number of rotatable bonds is 1. The van der Waals surface area contributed by atoms with Gasteiger partial charge in [0.15, 0.2) is 0 Å². The van der Waals surface area contributed by atoms with Gasteiger partial charge in [-0.05, 0) is 5.41 Å². The Morgan fingerprint density at radius 1 is 1.35 bits per heavy atom. The lowest BCUT2D eigenvalue weighted by molar-refractivity contribution is 0.171. The highest BCUT2D eigenvalue weighted by atomic mass is 28.3. The van der Waals surface area contributed by atoms with Crippen LogP contribution in [0.2, 0.25) is 13.1 Å². The normalized spacial score (nSPS) is 20.3. The Hall–Kier alpha value is -0.773. The highest BCUT2D eigenvalue weighted by Gasteiger charge is 2.32. The van der Waals surface area contributed by atoms with E-state index >= 15 is 0 Å². The molecule has 0 saturated carbocycles. The van der Waals surface area contributed by atoms with E-state index < -0.39 is 8.80 Å². The van der Waals surface area contributed by atoms with Crippen molar-refractivity contribution in [2.75, 3.05) is 6.61 Å². The minimum absolute atomic E-state index is 0.126. The first kappa shape index (κ1) is 12.7. The van der Waals surface area contributed by atoms with Crippen molar-refractivity contribution in [3.05, 3.63) is 5.56 Å². The predicted molar refractivity (Wildman–Crippen MR) is 74.1 cm³/mol. The van der Waals surface area contributed by atoms with Crippen molar-refractivity contribution in [3.63, 3.8) is 0 Å². The Bertz CT molecular complexity index is 418. The molecule has 1 aromatic heterocycles. The van der Waals surface area contributed by atoms with Crippen LogP contribution in [0.4, 0.5) is 0 Å². The van der Waals surface area contributed by atoms with Gasteiger partial charge < -0.3 is 4.74 Å². The van der Waals surface area contributed by atoms with Crippen molar-refractivity contribution in [3.8, 4) is 5.88 Å². The number of ether oxygens (including phenoxy) is 1. The molecule has 1 atom stereocenters. The van der Waals surface area contributed by atoms with E-state index in [4.69, 9.17) is 9.84 Å². The first-order chi connectivity index (χ1) is 7.80. The van der Waals surface area contributed by atoms with Crippen LogP contribution in [0.5, 0.6) is 5.88 Å². The summed E-state index contributed by atoms with van der Waals surface area (Å²) in [4.78, 5) is 0. The fourth-order valence-corrected chi connectivity index (χ4v) is 3.92. The quantitative estimate of drug-likeness (QED) is 0.714. The number of hydrogen-bond donors (Lipinski definition) is 0. The van der Waals surface area contributed by atoms with Crippen LogP contribution in [-0.4, -0.2) is 25.2 Å². The van der Waals surface area contributed by atoms with E-state index in [-0.39, 0.29) is 5.41 Å². The maximum absolute atomic E-state index is 5.95. The van der Waals surface area contributed by atoms with E-state index in [1.54, 1.807) is 0 Å². The van der Waals surface area contributed by atoms with E-state index in [1.807, 2.05) is 0 Å². The highest BCUT2D eigenvalue weighted by molar-refractivity contribution is 6.70. The number of hydrogen-bond acceptors (Lipinski definition) is 2. The molecule has 0 bridgehead atoms. The van der Waals surface area contributed by atoms with Gasteiger partial charge in [0.05, 0.1) is 21.9 Å². The summed E-state index contributed by atoms with van der Waals surface area (Å²) in [6, 6.07) is 0. The largest absolute Gasteiger partial charge is 0.477 e. The molecule has 17 heavy (non-hydrogen) atoms. The SMILES string of the molecule is CC1COc2c(C(C)(C)C)c([SiH](C)C)nn2C1. The first-order valence-electron chi connectivity index (χ1n) is 6.54. The van der Waals surface area contributed by atoms with Crippen molar-refractivity contribution in [1.29, 1.82) is 0 Å². The van der Waals surface area contributed by atoms with Gasteiger partial charge in [-0.2, -0.15) is 5.10 Å². The molecule has 2 heterocycles. The fourth-order valence-electron chi connectivity index (χ4n) is 2.41. The van der Waals surface area contributed by atoms with Crippen LogP contribution in [0.15, 0.2) is 0 Å². The van der Waals surface area contributed by atoms with E-state index in [0.717, 1.165) is 19.0 Å². The molecule has 3 nitrogen and oxygen atoms in total. The average molecular weight is 252 g/mol. The van der Waals surface area contributed by atoms with Crippen LogP contribution < -0.4 is 10.1 Å². The zero-order valence-electron chi connectivity index (χ0n) is 11.9. The smallest absolute Gasteiger partial charge is 0.215 e. The number of nitrogens with zero attached hydrogens (tertiary/aromatic N) is 2. The van der Waals surface area contributed by atoms with Crippen LogP contribution in [0, 0.1) is 5.92 Å². The van der Waals surface area contributed by atoms with E-state index in [1.165, 1.54) is 10.9 Å². The lowest BCUT2D eigenvalue weighted by atomic mass is 9.89. The molecule has 0 aliphatic carbocycles. The third kappa shape index (κ3) is 2.27. The summed E-state index contributed by atoms with van der Waals surface area (Å²) in [5.74, 6) is 1.60. The molecule has 0 radical (unpaired) electrons. The van der Waals surface area contributed by atoms with Gasteiger partial charge in [0.25, 0.3) is 0 Å². The summed E-state index contributed by atoms with van der Waals surface area (Å²) in [5.41, 5.74) is 1.48. The summed E-state index contributed by atoms with van der Waals surface area (Å²) in [5, 5.41) is 6.16. The van der Waals surface area contributed by atoms with E-state index in [0.29, 0.717) is 5.92 Å². The molecule has 0 fully saturated rings. The second kappa shape index (κ2) is 4.16. The molecule has 2 rings (SSSR count). The van der Waals surface area contributed by atoms with Crippen molar-refractivity contribution in [2.24, 2.45) is 5.92 Å². The molecular formula is C13H24N2OSi. The Morgan fingerprint density at radius 2 is 2.00 bits per heavy atom. The van der Waals surface area contributed by atoms with Gasteiger partial charge >= 0.3 is 0 Å². The van der Waals surface area contributed by atoms with Gasteiger partial charge in [0.2, 0.25) is 5.88 Å². The van der Waals surface area contributed by atoms with Crippen LogP contribution in [0.25, 0.3) is 0 Å². The van der Waals surface area contributed by atoms with Gasteiger partial charge in [-0.1, -0.05) is 40.8 Å². The van der Waals surface area contributed by atoms with Gasteiger partial charge in [-0.25, -0.2) is 4.68 Å². The molecular weight excluding hydrogens is 228 g/mol. The Balaban J connectivity index is 2.55. The van der Waals surface area contributed by atoms with Crippen LogP contribution in [0.3, 0.4) is 0 Å². The molecule has 4 heteroatoms. The highest BCUT2D eigenvalue weighted by Crippen LogP contribution is 2.33. The van der Waals surface area contributed by atoms with Crippen molar-refractivity contribution < 1.29 is 4.74 Å². The molecule has 0 amide bonds. The molecule has 0 saturated heterocycles. The number of fused-ring (bicyclic) bond motifs is 1. The number of aromatic nitrogens is 2.